The molecule has 0 saturated heterocycles. The second-order valence-electron chi connectivity index (χ2n) is 4.59. The SMILES string of the molecule is Cc1ccc2c(c1)C(F)(F)Cc1ccccc1O2. The predicted molar refractivity (Wildman–Crippen MR) is 65.3 cm³/mol. The second kappa shape index (κ2) is 3.80. The number of ether oxygens (including phenoxy) is 1. The van der Waals surface area contributed by atoms with Crippen molar-refractivity contribution in [2.75, 3.05) is 0 Å². The fraction of sp³-hybridized carbons (Fsp3) is 0.200. The van der Waals surface area contributed by atoms with Crippen molar-refractivity contribution in [2.45, 2.75) is 19.3 Å². The third-order valence-electron chi connectivity index (χ3n) is 3.13. The standard InChI is InChI=1S/C15H12F2O/c1-10-6-7-14-12(8-10)15(16,17)9-11-4-2-3-5-13(11)18-14/h2-8H,9H2,1H3. The first-order valence-electron chi connectivity index (χ1n) is 5.81. The molecule has 1 heterocycles. The van der Waals surface area contributed by atoms with Gasteiger partial charge in [0.2, 0.25) is 0 Å². The van der Waals surface area contributed by atoms with Crippen LogP contribution in [0.4, 0.5) is 8.78 Å². The van der Waals surface area contributed by atoms with E-state index >= 15 is 0 Å². The van der Waals surface area contributed by atoms with Crippen molar-refractivity contribution in [3.8, 4) is 11.5 Å². The van der Waals surface area contributed by atoms with Crippen LogP contribution in [0.15, 0.2) is 42.5 Å². The third kappa shape index (κ3) is 1.76. The van der Waals surface area contributed by atoms with Gasteiger partial charge in [0.25, 0.3) is 5.92 Å². The van der Waals surface area contributed by atoms with E-state index in [0.29, 0.717) is 11.3 Å². The van der Waals surface area contributed by atoms with E-state index in [1.165, 1.54) is 6.07 Å². The van der Waals surface area contributed by atoms with Crippen LogP contribution < -0.4 is 4.74 Å². The average molecular weight is 246 g/mol. The van der Waals surface area contributed by atoms with Gasteiger partial charge in [-0.1, -0.05) is 29.8 Å². The summed E-state index contributed by atoms with van der Waals surface area (Å²) in [5, 5.41) is 0. The van der Waals surface area contributed by atoms with Crippen LogP contribution in [0.1, 0.15) is 16.7 Å². The maximum absolute atomic E-state index is 14.2. The molecule has 0 fully saturated rings. The first-order chi connectivity index (χ1) is 8.56. The van der Waals surface area contributed by atoms with Gasteiger partial charge in [-0.3, -0.25) is 0 Å². The molecule has 2 aromatic rings. The van der Waals surface area contributed by atoms with Crippen molar-refractivity contribution >= 4 is 0 Å². The zero-order valence-electron chi connectivity index (χ0n) is 9.91. The Morgan fingerprint density at radius 3 is 2.67 bits per heavy atom. The Morgan fingerprint density at radius 1 is 1.06 bits per heavy atom. The van der Waals surface area contributed by atoms with E-state index in [0.717, 1.165) is 5.56 Å². The van der Waals surface area contributed by atoms with Crippen molar-refractivity contribution in [2.24, 2.45) is 0 Å². The molecule has 1 aliphatic rings. The van der Waals surface area contributed by atoms with Crippen LogP contribution in [0.5, 0.6) is 11.5 Å². The Kier molecular flexibility index (Phi) is 2.37. The number of hydrogen-bond donors (Lipinski definition) is 0. The molecule has 2 aromatic carbocycles. The maximum atomic E-state index is 14.2. The summed E-state index contributed by atoms with van der Waals surface area (Å²) in [6, 6.07) is 11.8. The number of halogens is 2. The van der Waals surface area contributed by atoms with Crippen molar-refractivity contribution in [3.05, 3.63) is 59.2 Å². The molecular formula is C15H12F2O. The predicted octanol–water partition coefficient (Wildman–Crippen LogP) is 4.44. The van der Waals surface area contributed by atoms with Crippen LogP contribution in [0.25, 0.3) is 0 Å². The first kappa shape index (κ1) is 11.2. The minimum absolute atomic E-state index is 0.0290. The smallest absolute Gasteiger partial charge is 0.280 e. The number of hydrogen-bond acceptors (Lipinski definition) is 1. The normalized spacial score (nSPS) is 16.2. The molecule has 18 heavy (non-hydrogen) atoms. The highest BCUT2D eigenvalue weighted by atomic mass is 19.3. The molecule has 0 saturated carbocycles. The van der Waals surface area contributed by atoms with Gasteiger partial charge in [-0.05, 0) is 25.1 Å². The zero-order valence-corrected chi connectivity index (χ0v) is 9.91. The quantitative estimate of drug-likeness (QED) is 0.668. The van der Waals surface area contributed by atoms with Crippen LogP contribution in [0, 0.1) is 6.92 Å². The molecule has 1 nitrogen and oxygen atoms in total. The van der Waals surface area contributed by atoms with Crippen molar-refractivity contribution in [1.29, 1.82) is 0 Å². The lowest BCUT2D eigenvalue weighted by atomic mass is 9.99. The lowest BCUT2D eigenvalue weighted by molar-refractivity contribution is -0.00343. The topological polar surface area (TPSA) is 9.23 Å². The molecule has 92 valence electrons. The number of alkyl halides is 2. The van der Waals surface area contributed by atoms with Gasteiger partial charge in [0, 0.05) is 12.0 Å². The number of aryl methyl sites for hydroxylation is 1. The molecule has 0 unspecified atom stereocenters. The fourth-order valence-electron chi connectivity index (χ4n) is 2.22. The summed E-state index contributed by atoms with van der Waals surface area (Å²) in [4.78, 5) is 0. The largest absolute Gasteiger partial charge is 0.457 e. The second-order valence-corrected chi connectivity index (χ2v) is 4.59. The molecule has 3 heteroatoms. The van der Waals surface area contributed by atoms with Crippen LogP contribution in [0.2, 0.25) is 0 Å². The molecule has 0 N–H and O–H groups in total. The number of para-hydroxylation sites is 1. The van der Waals surface area contributed by atoms with Gasteiger partial charge in [0.15, 0.2) is 0 Å². The van der Waals surface area contributed by atoms with Crippen molar-refractivity contribution in [3.63, 3.8) is 0 Å². The van der Waals surface area contributed by atoms with Gasteiger partial charge in [0.1, 0.15) is 11.5 Å². The lowest BCUT2D eigenvalue weighted by Crippen LogP contribution is -2.16. The summed E-state index contributed by atoms with van der Waals surface area (Å²) < 4.78 is 34.1. The molecule has 3 rings (SSSR count). The summed E-state index contributed by atoms with van der Waals surface area (Å²) in [7, 11) is 0. The average Bonchev–Trinajstić information content (AvgIpc) is 2.43. The monoisotopic (exact) mass is 246 g/mol. The minimum atomic E-state index is -2.89. The van der Waals surface area contributed by atoms with Gasteiger partial charge in [-0.2, -0.15) is 0 Å². The Balaban J connectivity index is 2.21. The number of rotatable bonds is 0. The number of fused-ring (bicyclic) bond motifs is 2. The molecule has 0 radical (unpaired) electrons. The van der Waals surface area contributed by atoms with Gasteiger partial charge in [-0.25, -0.2) is 8.78 Å². The van der Waals surface area contributed by atoms with E-state index in [1.807, 2.05) is 0 Å². The molecule has 1 aliphatic heterocycles. The highest BCUT2D eigenvalue weighted by molar-refractivity contribution is 5.48. The molecule has 0 aromatic heterocycles. The molecule has 0 atom stereocenters. The Labute approximate surface area is 104 Å². The van der Waals surface area contributed by atoms with Crippen molar-refractivity contribution < 1.29 is 13.5 Å². The third-order valence-corrected chi connectivity index (χ3v) is 3.13. The van der Waals surface area contributed by atoms with E-state index in [4.69, 9.17) is 4.74 Å². The summed E-state index contributed by atoms with van der Waals surface area (Å²) in [5.41, 5.74) is 1.32. The fourth-order valence-corrected chi connectivity index (χ4v) is 2.22. The Bertz CT molecular complexity index is 605. The van der Waals surface area contributed by atoms with Gasteiger partial charge < -0.3 is 4.74 Å². The van der Waals surface area contributed by atoms with E-state index < -0.39 is 5.92 Å². The summed E-state index contributed by atoms with van der Waals surface area (Å²) in [6.07, 6.45) is -0.320. The van der Waals surface area contributed by atoms with Crippen LogP contribution >= 0.6 is 0 Å². The first-order valence-corrected chi connectivity index (χ1v) is 5.81. The van der Waals surface area contributed by atoms with Crippen LogP contribution in [0.3, 0.4) is 0 Å². The molecule has 0 amide bonds. The number of benzene rings is 2. The molecular weight excluding hydrogens is 234 g/mol. The maximum Gasteiger partial charge on any atom is 0.280 e. The van der Waals surface area contributed by atoms with E-state index in [-0.39, 0.29) is 17.7 Å². The highest BCUT2D eigenvalue weighted by Gasteiger charge is 2.38. The van der Waals surface area contributed by atoms with Gasteiger partial charge >= 0.3 is 0 Å². The summed E-state index contributed by atoms with van der Waals surface area (Å²) in [5.74, 6) is -2.14. The molecule has 0 bridgehead atoms. The van der Waals surface area contributed by atoms with Gasteiger partial charge in [-0.15, -0.1) is 0 Å². The Hall–Kier alpha value is -1.90. The van der Waals surface area contributed by atoms with Gasteiger partial charge in [0.05, 0.1) is 5.56 Å². The van der Waals surface area contributed by atoms with Crippen LogP contribution in [-0.2, 0) is 12.3 Å². The van der Waals surface area contributed by atoms with E-state index in [1.54, 1.807) is 43.3 Å². The molecule has 0 aliphatic carbocycles. The highest BCUT2D eigenvalue weighted by Crippen LogP contribution is 2.44. The summed E-state index contributed by atoms with van der Waals surface area (Å²) in [6.45, 7) is 1.80. The Morgan fingerprint density at radius 2 is 1.83 bits per heavy atom. The van der Waals surface area contributed by atoms with E-state index in [9.17, 15) is 8.78 Å². The zero-order chi connectivity index (χ0) is 12.8. The van der Waals surface area contributed by atoms with E-state index in [2.05, 4.69) is 0 Å². The van der Waals surface area contributed by atoms with Crippen LogP contribution in [-0.4, -0.2) is 0 Å². The summed E-state index contributed by atoms with van der Waals surface area (Å²) >= 11 is 0. The van der Waals surface area contributed by atoms with Crippen molar-refractivity contribution in [1.82, 2.24) is 0 Å². The minimum Gasteiger partial charge on any atom is -0.457 e. The molecule has 0 spiro atoms. The lowest BCUT2D eigenvalue weighted by Gasteiger charge is -2.16.